The maximum atomic E-state index is 12.3. The lowest BCUT2D eigenvalue weighted by atomic mass is 9.96. The van der Waals surface area contributed by atoms with Crippen molar-refractivity contribution in [2.75, 3.05) is 19.4 Å². The van der Waals surface area contributed by atoms with Crippen LogP contribution >= 0.6 is 23.1 Å². The van der Waals surface area contributed by atoms with E-state index in [-0.39, 0.29) is 5.97 Å². The number of hydrogen-bond acceptors (Lipinski definition) is 6. The summed E-state index contributed by atoms with van der Waals surface area (Å²) in [6.07, 6.45) is 2.19. The van der Waals surface area contributed by atoms with E-state index in [1.54, 1.807) is 23.1 Å². The number of aromatic nitrogens is 1. The highest BCUT2D eigenvalue weighted by atomic mass is 32.2. The molecule has 1 saturated carbocycles. The van der Waals surface area contributed by atoms with Crippen LogP contribution in [0, 0.1) is 12.8 Å². The van der Waals surface area contributed by atoms with Crippen LogP contribution in [0.1, 0.15) is 25.5 Å². The second-order valence-electron chi connectivity index (χ2n) is 4.76. The molecule has 1 unspecified atom stereocenters. The van der Waals surface area contributed by atoms with Gasteiger partial charge in [-0.3, -0.25) is 4.79 Å². The number of thioether (sulfide) groups is 1. The minimum absolute atomic E-state index is 0.124. The summed E-state index contributed by atoms with van der Waals surface area (Å²) in [7, 11) is 1.85. The smallest absolute Gasteiger partial charge is 0.327 e. The van der Waals surface area contributed by atoms with E-state index >= 15 is 0 Å². The van der Waals surface area contributed by atoms with Gasteiger partial charge in [0.15, 0.2) is 0 Å². The van der Waals surface area contributed by atoms with Gasteiger partial charge in [-0.2, -0.15) is 0 Å². The zero-order valence-corrected chi connectivity index (χ0v) is 13.2. The van der Waals surface area contributed by atoms with Crippen molar-refractivity contribution in [3.63, 3.8) is 0 Å². The van der Waals surface area contributed by atoms with Crippen molar-refractivity contribution < 1.29 is 9.53 Å². The first-order chi connectivity index (χ1) is 9.12. The van der Waals surface area contributed by atoms with Crippen LogP contribution in [0.4, 0.5) is 0 Å². The standard InChI is InChI=1S/C13H20N2O2S2/c1-4-17-11(16)13(14-3,10-5-6-10)8-19-12-15-9(2)7-18-12/h7,10,14H,4-6,8H2,1-3H3. The summed E-state index contributed by atoms with van der Waals surface area (Å²) < 4.78 is 6.28. The molecule has 0 bridgehead atoms. The molecule has 1 heterocycles. The molecular weight excluding hydrogens is 280 g/mol. The summed E-state index contributed by atoms with van der Waals surface area (Å²) in [6.45, 7) is 4.26. The quantitative estimate of drug-likeness (QED) is 0.619. The van der Waals surface area contributed by atoms with E-state index in [4.69, 9.17) is 4.74 Å². The molecule has 1 fully saturated rings. The van der Waals surface area contributed by atoms with Gasteiger partial charge < -0.3 is 10.1 Å². The van der Waals surface area contributed by atoms with Gasteiger partial charge in [-0.05, 0) is 39.7 Å². The molecule has 0 aromatic carbocycles. The van der Waals surface area contributed by atoms with Crippen LogP contribution in [0.25, 0.3) is 0 Å². The van der Waals surface area contributed by atoms with E-state index in [1.807, 2.05) is 26.3 Å². The molecule has 0 saturated heterocycles. The molecule has 6 heteroatoms. The lowest BCUT2D eigenvalue weighted by Crippen LogP contribution is -2.55. The van der Waals surface area contributed by atoms with Gasteiger partial charge in [0.2, 0.25) is 0 Å². The maximum absolute atomic E-state index is 12.3. The largest absolute Gasteiger partial charge is 0.465 e. The number of ether oxygens (including phenoxy) is 1. The molecule has 0 amide bonds. The Morgan fingerprint density at radius 2 is 2.42 bits per heavy atom. The molecule has 2 rings (SSSR count). The van der Waals surface area contributed by atoms with E-state index in [2.05, 4.69) is 10.3 Å². The van der Waals surface area contributed by atoms with Crippen molar-refractivity contribution in [3.8, 4) is 0 Å². The number of nitrogens with one attached hydrogen (secondary N) is 1. The van der Waals surface area contributed by atoms with E-state index in [1.165, 1.54) is 0 Å². The number of thiazole rings is 1. The number of carbonyl (C=O) groups is 1. The molecule has 1 N–H and O–H groups in total. The predicted octanol–water partition coefficient (Wildman–Crippen LogP) is 2.47. The molecule has 0 radical (unpaired) electrons. The molecular formula is C13H20N2O2S2. The number of esters is 1. The zero-order chi connectivity index (χ0) is 13.9. The second-order valence-corrected chi connectivity index (χ2v) is 6.84. The van der Waals surface area contributed by atoms with Gasteiger partial charge in [-0.15, -0.1) is 11.3 Å². The van der Waals surface area contributed by atoms with Gasteiger partial charge in [0, 0.05) is 16.8 Å². The van der Waals surface area contributed by atoms with Gasteiger partial charge in [-0.25, -0.2) is 4.98 Å². The third-order valence-electron chi connectivity index (χ3n) is 3.38. The molecule has 4 nitrogen and oxygen atoms in total. The molecule has 1 aliphatic rings. The fourth-order valence-electron chi connectivity index (χ4n) is 2.13. The molecule has 1 aromatic heterocycles. The van der Waals surface area contributed by atoms with Crippen LogP contribution in [0.15, 0.2) is 9.72 Å². The molecule has 106 valence electrons. The van der Waals surface area contributed by atoms with Crippen molar-refractivity contribution in [3.05, 3.63) is 11.1 Å². The Morgan fingerprint density at radius 3 is 2.89 bits per heavy atom. The first kappa shape index (κ1) is 14.8. The SMILES string of the molecule is CCOC(=O)C(CSc1nc(C)cs1)(NC)C1CC1. The summed E-state index contributed by atoms with van der Waals surface area (Å²) in [5, 5.41) is 5.25. The molecule has 1 aliphatic carbocycles. The highest BCUT2D eigenvalue weighted by Gasteiger charge is 2.51. The highest BCUT2D eigenvalue weighted by molar-refractivity contribution is 8.01. The summed E-state index contributed by atoms with van der Waals surface area (Å²) >= 11 is 3.27. The average Bonchev–Trinajstić information content (AvgIpc) is 3.15. The number of likely N-dealkylation sites (N-methyl/N-ethyl adjacent to an activating group) is 1. The normalized spacial score (nSPS) is 18.1. The Balaban J connectivity index is 2.07. The molecule has 1 atom stereocenters. The van der Waals surface area contributed by atoms with Crippen LogP contribution in [-0.2, 0) is 9.53 Å². The second kappa shape index (κ2) is 6.24. The average molecular weight is 300 g/mol. The Morgan fingerprint density at radius 1 is 1.68 bits per heavy atom. The fraction of sp³-hybridized carbons (Fsp3) is 0.692. The van der Waals surface area contributed by atoms with Crippen molar-refractivity contribution >= 4 is 29.1 Å². The predicted molar refractivity (Wildman–Crippen MR) is 78.7 cm³/mol. The van der Waals surface area contributed by atoms with E-state index in [0.717, 1.165) is 22.9 Å². The van der Waals surface area contributed by atoms with Crippen LogP contribution in [0.2, 0.25) is 0 Å². The number of hydrogen-bond donors (Lipinski definition) is 1. The van der Waals surface area contributed by atoms with Gasteiger partial charge in [0.05, 0.1) is 6.61 Å². The van der Waals surface area contributed by atoms with E-state index in [9.17, 15) is 4.79 Å². The Bertz CT molecular complexity index is 446. The van der Waals surface area contributed by atoms with Crippen LogP contribution < -0.4 is 5.32 Å². The van der Waals surface area contributed by atoms with Gasteiger partial charge in [-0.1, -0.05) is 11.8 Å². The van der Waals surface area contributed by atoms with Crippen LogP contribution in [0.3, 0.4) is 0 Å². The molecule has 1 aromatic rings. The Labute approximate surface area is 122 Å². The minimum Gasteiger partial charge on any atom is -0.465 e. The van der Waals surface area contributed by atoms with Crippen LogP contribution in [0.5, 0.6) is 0 Å². The fourth-order valence-corrected chi connectivity index (χ4v) is 4.30. The number of nitrogens with zero attached hydrogens (tertiary/aromatic N) is 1. The van der Waals surface area contributed by atoms with Crippen molar-refractivity contribution in [1.82, 2.24) is 10.3 Å². The maximum Gasteiger partial charge on any atom is 0.327 e. The first-order valence-corrected chi connectivity index (χ1v) is 8.40. The highest BCUT2D eigenvalue weighted by Crippen LogP contribution is 2.43. The molecule has 0 spiro atoms. The van der Waals surface area contributed by atoms with Gasteiger partial charge >= 0.3 is 5.97 Å². The minimum atomic E-state index is -0.555. The number of carbonyl (C=O) groups excluding carboxylic acids is 1. The Hall–Kier alpha value is -0.590. The van der Waals surface area contributed by atoms with Crippen molar-refractivity contribution in [1.29, 1.82) is 0 Å². The van der Waals surface area contributed by atoms with Crippen molar-refractivity contribution in [2.45, 2.75) is 36.6 Å². The van der Waals surface area contributed by atoms with E-state index < -0.39 is 5.54 Å². The Kier molecular flexibility index (Phi) is 4.86. The zero-order valence-electron chi connectivity index (χ0n) is 11.6. The number of aryl methyl sites for hydroxylation is 1. The lowest BCUT2D eigenvalue weighted by molar-refractivity contribution is -0.150. The molecule has 0 aliphatic heterocycles. The van der Waals surface area contributed by atoms with E-state index in [0.29, 0.717) is 18.3 Å². The van der Waals surface area contributed by atoms with Gasteiger partial charge in [0.1, 0.15) is 9.88 Å². The summed E-state index contributed by atoms with van der Waals surface area (Å²) in [5.41, 5.74) is 0.477. The number of rotatable bonds is 7. The summed E-state index contributed by atoms with van der Waals surface area (Å²) in [6, 6.07) is 0. The lowest BCUT2D eigenvalue weighted by Gasteiger charge is -2.30. The third-order valence-corrected chi connectivity index (χ3v) is 5.71. The summed E-state index contributed by atoms with van der Waals surface area (Å²) in [5.74, 6) is 0.950. The topological polar surface area (TPSA) is 51.2 Å². The van der Waals surface area contributed by atoms with Crippen LogP contribution in [-0.4, -0.2) is 35.9 Å². The first-order valence-electron chi connectivity index (χ1n) is 6.53. The molecule has 19 heavy (non-hydrogen) atoms. The van der Waals surface area contributed by atoms with Crippen molar-refractivity contribution in [2.24, 2.45) is 5.92 Å². The van der Waals surface area contributed by atoms with Gasteiger partial charge in [0.25, 0.3) is 0 Å². The summed E-state index contributed by atoms with van der Waals surface area (Å²) in [4.78, 5) is 16.7. The monoisotopic (exact) mass is 300 g/mol. The third kappa shape index (κ3) is 3.30.